The average Bonchev–Trinajstić information content (AvgIpc) is 2.77. The smallest absolute Gasteiger partial charge is 0.251 e. The van der Waals surface area contributed by atoms with Crippen molar-refractivity contribution in [1.29, 1.82) is 0 Å². The van der Waals surface area contributed by atoms with Crippen LogP contribution in [0.15, 0.2) is 24.5 Å². The van der Waals surface area contributed by atoms with Gasteiger partial charge < -0.3 is 10.2 Å². The van der Waals surface area contributed by atoms with Crippen molar-refractivity contribution in [3.63, 3.8) is 0 Å². The average molecular weight is 287 g/mol. The number of hydrogen-bond acceptors (Lipinski definition) is 4. The van der Waals surface area contributed by atoms with Gasteiger partial charge in [0.2, 0.25) is 0 Å². The predicted molar refractivity (Wildman–Crippen MR) is 82.4 cm³/mol. The summed E-state index contributed by atoms with van der Waals surface area (Å²) in [5.74, 6) is 0.643. The molecule has 6 nitrogen and oxygen atoms in total. The van der Waals surface area contributed by atoms with Crippen LogP contribution in [0.25, 0.3) is 0 Å². The molecule has 1 atom stereocenters. The summed E-state index contributed by atoms with van der Waals surface area (Å²) < 4.78 is 1.75. The Morgan fingerprint density at radius 3 is 2.71 bits per heavy atom. The van der Waals surface area contributed by atoms with E-state index in [4.69, 9.17) is 0 Å². The van der Waals surface area contributed by atoms with E-state index in [-0.39, 0.29) is 11.9 Å². The third kappa shape index (κ3) is 3.39. The molecule has 2 aromatic rings. The van der Waals surface area contributed by atoms with Crippen LogP contribution in [0.3, 0.4) is 0 Å². The Balaban J connectivity index is 2.14. The normalized spacial score (nSPS) is 12.0. The molecule has 0 radical (unpaired) electrons. The number of aryl methyl sites for hydroxylation is 2. The molecule has 0 aromatic carbocycles. The second kappa shape index (κ2) is 5.95. The second-order valence-electron chi connectivity index (χ2n) is 5.34. The van der Waals surface area contributed by atoms with Crippen molar-refractivity contribution in [2.24, 2.45) is 7.05 Å². The molecular weight excluding hydrogens is 266 g/mol. The first kappa shape index (κ1) is 15.0. The zero-order valence-electron chi connectivity index (χ0n) is 13.1. The fraction of sp³-hybridized carbons (Fsp3) is 0.400. The molecule has 1 unspecified atom stereocenters. The molecule has 0 fully saturated rings. The van der Waals surface area contributed by atoms with Crippen molar-refractivity contribution in [2.45, 2.75) is 19.9 Å². The molecule has 112 valence electrons. The predicted octanol–water partition coefficient (Wildman–Crippen LogP) is 1.68. The van der Waals surface area contributed by atoms with Gasteiger partial charge in [-0.3, -0.25) is 9.48 Å². The topological polar surface area (TPSA) is 63.1 Å². The van der Waals surface area contributed by atoms with Crippen LogP contribution in [0.1, 0.15) is 34.6 Å². The fourth-order valence-corrected chi connectivity index (χ4v) is 2.20. The number of aromatic nitrogens is 3. The van der Waals surface area contributed by atoms with Gasteiger partial charge in [0.1, 0.15) is 5.82 Å². The third-order valence-corrected chi connectivity index (χ3v) is 3.33. The standard InChI is InChI=1S/C15H21N5O/c1-10(13-9-20(5)18-11(13)2)17-15(21)12-6-7-16-14(8-12)19(3)4/h6-10H,1-5H3,(H,17,21). The lowest BCUT2D eigenvalue weighted by Gasteiger charge is -2.15. The molecule has 21 heavy (non-hydrogen) atoms. The molecule has 1 N–H and O–H groups in total. The van der Waals surface area contributed by atoms with Gasteiger partial charge in [0, 0.05) is 44.7 Å². The van der Waals surface area contributed by atoms with E-state index < -0.39 is 0 Å². The first-order valence-electron chi connectivity index (χ1n) is 6.83. The fourth-order valence-electron chi connectivity index (χ4n) is 2.20. The molecule has 2 aromatic heterocycles. The Kier molecular flexibility index (Phi) is 4.26. The number of hydrogen-bond donors (Lipinski definition) is 1. The number of pyridine rings is 1. The molecule has 0 saturated heterocycles. The van der Waals surface area contributed by atoms with E-state index in [1.165, 1.54) is 0 Å². The Labute approximate surface area is 124 Å². The minimum Gasteiger partial charge on any atom is -0.363 e. The summed E-state index contributed by atoms with van der Waals surface area (Å²) in [5, 5.41) is 7.29. The summed E-state index contributed by atoms with van der Waals surface area (Å²) in [6, 6.07) is 3.39. The molecule has 1 amide bonds. The Bertz CT molecular complexity index is 647. The van der Waals surface area contributed by atoms with Gasteiger partial charge >= 0.3 is 0 Å². The van der Waals surface area contributed by atoms with Gasteiger partial charge in [-0.2, -0.15) is 5.10 Å². The summed E-state index contributed by atoms with van der Waals surface area (Å²) in [4.78, 5) is 18.4. The zero-order valence-corrected chi connectivity index (χ0v) is 13.1. The highest BCUT2D eigenvalue weighted by Crippen LogP contribution is 2.17. The van der Waals surface area contributed by atoms with Crippen LogP contribution in [0.2, 0.25) is 0 Å². The van der Waals surface area contributed by atoms with Gasteiger partial charge in [-0.05, 0) is 26.0 Å². The van der Waals surface area contributed by atoms with E-state index in [0.717, 1.165) is 17.1 Å². The van der Waals surface area contributed by atoms with Crippen molar-refractivity contribution in [2.75, 3.05) is 19.0 Å². The van der Waals surface area contributed by atoms with E-state index in [0.29, 0.717) is 5.56 Å². The number of carbonyl (C=O) groups excluding carboxylic acids is 1. The molecule has 0 saturated carbocycles. The highest BCUT2D eigenvalue weighted by Gasteiger charge is 2.16. The van der Waals surface area contributed by atoms with E-state index in [1.807, 2.05) is 46.1 Å². The van der Waals surface area contributed by atoms with Crippen LogP contribution in [0.5, 0.6) is 0 Å². The quantitative estimate of drug-likeness (QED) is 0.929. The number of carbonyl (C=O) groups is 1. The molecule has 2 rings (SSSR count). The van der Waals surface area contributed by atoms with Crippen molar-refractivity contribution >= 4 is 11.7 Å². The SMILES string of the molecule is Cc1nn(C)cc1C(C)NC(=O)c1ccnc(N(C)C)c1. The lowest BCUT2D eigenvalue weighted by Crippen LogP contribution is -2.27. The van der Waals surface area contributed by atoms with Crippen molar-refractivity contribution in [3.05, 3.63) is 41.3 Å². The van der Waals surface area contributed by atoms with Crippen LogP contribution >= 0.6 is 0 Å². The van der Waals surface area contributed by atoms with Gasteiger partial charge in [-0.25, -0.2) is 4.98 Å². The number of amides is 1. The summed E-state index contributed by atoms with van der Waals surface area (Å²) >= 11 is 0. The van der Waals surface area contributed by atoms with Gasteiger partial charge in [0.15, 0.2) is 0 Å². The minimum absolute atomic E-state index is 0.0952. The second-order valence-corrected chi connectivity index (χ2v) is 5.34. The van der Waals surface area contributed by atoms with Gasteiger partial charge in [-0.1, -0.05) is 0 Å². The number of anilines is 1. The highest BCUT2D eigenvalue weighted by atomic mass is 16.1. The highest BCUT2D eigenvalue weighted by molar-refractivity contribution is 5.95. The molecule has 2 heterocycles. The van der Waals surface area contributed by atoms with Crippen LogP contribution in [-0.2, 0) is 7.05 Å². The zero-order chi connectivity index (χ0) is 15.6. The monoisotopic (exact) mass is 287 g/mol. The maximum atomic E-state index is 12.3. The van der Waals surface area contributed by atoms with E-state index in [1.54, 1.807) is 23.0 Å². The van der Waals surface area contributed by atoms with Gasteiger partial charge in [-0.15, -0.1) is 0 Å². The summed E-state index contributed by atoms with van der Waals surface area (Å²) in [7, 11) is 5.66. The lowest BCUT2D eigenvalue weighted by atomic mass is 10.1. The van der Waals surface area contributed by atoms with Crippen molar-refractivity contribution in [1.82, 2.24) is 20.1 Å². The summed E-state index contributed by atoms with van der Waals surface area (Å²) in [5.41, 5.74) is 2.55. The first-order chi connectivity index (χ1) is 9.88. The van der Waals surface area contributed by atoms with Crippen molar-refractivity contribution in [3.8, 4) is 0 Å². The van der Waals surface area contributed by atoms with Gasteiger partial charge in [0.05, 0.1) is 11.7 Å². The Hall–Kier alpha value is -2.37. The van der Waals surface area contributed by atoms with Crippen molar-refractivity contribution < 1.29 is 4.79 Å². The summed E-state index contributed by atoms with van der Waals surface area (Å²) in [6.45, 7) is 3.89. The van der Waals surface area contributed by atoms with E-state index in [9.17, 15) is 4.79 Å². The minimum atomic E-state index is -0.115. The van der Waals surface area contributed by atoms with Crippen LogP contribution in [-0.4, -0.2) is 34.8 Å². The molecular formula is C15H21N5O. The molecule has 0 aliphatic rings. The number of nitrogens with zero attached hydrogens (tertiary/aromatic N) is 4. The van der Waals surface area contributed by atoms with Crippen LogP contribution < -0.4 is 10.2 Å². The Morgan fingerprint density at radius 2 is 2.14 bits per heavy atom. The molecule has 0 aliphatic carbocycles. The molecule has 0 bridgehead atoms. The first-order valence-corrected chi connectivity index (χ1v) is 6.83. The van der Waals surface area contributed by atoms with Crippen LogP contribution in [0.4, 0.5) is 5.82 Å². The third-order valence-electron chi connectivity index (χ3n) is 3.33. The van der Waals surface area contributed by atoms with E-state index >= 15 is 0 Å². The molecule has 0 aliphatic heterocycles. The van der Waals surface area contributed by atoms with Gasteiger partial charge in [0.25, 0.3) is 5.91 Å². The number of rotatable bonds is 4. The maximum Gasteiger partial charge on any atom is 0.251 e. The lowest BCUT2D eigenvalue weighted by molar-refractivity contribution is 0.0939. The summed E-state index contributed by atoms with van der Waals surface area (Å²) in [6.07, 6.45) is 3.57. The van der Waals surface area contributed by atoms with E-state index in [2.05, 4.69) is 15.4 Å². The molecule has 6 heteroatoms. The number of nitrogens with one attached hydrogen (secondary N) is 1. The van der Waals surface area contributed by atoms with Crippen LogP contribution in [0, 0.1) is 6.92 Å². The maximum absolute atomic E-state index is 12.3. The Morgan fingerprint density at radius 1 is 1.43 bits per heavy atom. The largest absolute Gasteiger partial charge is 0.363 e. The molecule has 0 spiro atoms.